The van der Waals surface area contributed by atoms with E-state index in [1.165, 1.54) is 6.92 Å². The van der Waals surface area contributed by atoms with Crippen molar-refractivity contribution >= 4 is 0 Å². The third-order valence-corrected chi connectivity index (χ3v) is 1.50. The van der Waals surface area contributed by atoms with E-state index in [0.29, 0.717) is 5.92 Å². The van der Waals surface area contributed by atoms with Gasteiger partial charge in [-0.2, -0.15) is 0 Å². The zero-order valence-corrected chi connectivity index (χ0v) is 6.45. The van der Waals surface area contributed by atoms with Crippen LogP contribution in [0.3, 0.4) is 0 Å². The highest BCUT2D eigenvalue weighted by molar-refractivity contribution is 4.87. The second-order valence-corrected chi connectivity index (χ2v) is 2.54. The van der Waals surface area contributed by atoms with Crippen molar-refractivity contribution in [3.05, 3.63) is 11.9 Å². The highest BCUT2D eigenvalue weighted by Gasteiger charge is 1.94. The van der Waals surface area contributed by atoms with E-state index >= 15 is 0 Å². The number of allylic oxidation sites excluding steroid dienone is 2. The van der Waals surface area contributed by atoms with Gasteiger partial charge in [-0.05, 0) is 19.3 Å². The Bertz CT molecular complexity index is 90.7. The second kappa shape index (κ2) is 4.54. The van der Waals surface area contributed by atoms with Crippen LogP contribution in [0.15, 0.2) is 11.9 Å². The topological polar surface area (TPSA) is 0 Å². The van der Waals surface area contributed by atoms with E-state index in [1.807, 2.05) is 0 Å². The molecule has 54 valence electrons. The predicted molar refractivity (Wildman–Crippen MR) is 38.9 cm³/mol. The van der Waals surface area contributed by atoms with Crippen LogP contribution < -0.4 is 0 Å². The van der Waals surface area contributed by atoms with Crippen molar-refractivity contribution in [3.63, 3.8) is 0 Å². The molecule has 0 rings (SSSR count). The van der Waals surface area contributed by atoms with Crippen molar-refractivity contribution in [2.24, 2.45) is 5.92 Å². The Kier molecular flexibility index (Phi) is 4.37. The fraction of sp³-hybridized carbons (Fsp3) is 0.750. The number of hydrogen-bond donors (Lipinski definition) is 0. The number of hydrogen-bond acceptors (Lipinski definition) is 0. The van der Waals surface area contributed by atoms with Crippen molar-refractivity contribution in [1.82, 2.24) is 0 Å². The molecule has 0 aromatic heterocycles. The Labute approximate surface area is 56.8 Å². The molecule has 1 heteroatoms. The normalized spacial score (nSPS) is 15.8. The van der Waals surface area contributed by atoms with E-state index in [-0.39, 0.29) is 5.83 Å². The van der Waals surface area contributed by atoms with Crippen molar-refractivity contribution in [2.75, 3.05) is 0 Å². The van der Waals surface area contributed by atoms with Gasteiger partial charge in [0, 0.05) is 0 Å². The van der Waals surface area contributed by atoms with Gasteiger partial charge in [-0.25, -0.2) is 4.39 Å². The average Bonchev–Trinajstić information content (AvgIpc) is 1.83. The molecule has 0 saturated carbocycles. The third-order valence-electron chi connectivity index (χ3n) is 1.50. The van der Waals surface area contributed by atoms with Crippen LogP contribution in [0, 0.1) is 5.92 Å². The molecule has 0 radical (unpaired) electrons. The largest absolute Gasteiger partial charge is 0.212 e. The van der Waals surface area contributed by atoms with E-state index in [4.69, 9.17) is 0 Å². The van der Waals surface area contributed by atoms with Crippen LogP contribution in [0.2, 0.25) is 0 Å². The van der Waals surface area contributed by atoms with Gasteiger partial charge >= 0.3 is 0 Å². The first-order chi connectivity index (χ1) is 4.16. The Morgan fingerprint density at radius 3 is 2.56 bits per heavy atom. The van der Waals surface area contributed by atoms with Crippen LogP contribution in [-0.2, 0) is 0 Å². The van der Waals surface area contributed by atoms with Gasteiger partial charge in [0.15, 0.2) is 0 Å². The van der Waals surface area contributed by atoms with Gasteiger partial charge in [-0.3, -0.25) is 0 Å². The first-order valence-corrected chi connectivity index (χ1v) is 3.49. The van der Waals surface area contributed by atoms with E-state index in [9.17, 15) is 4.39 Å². The summed E-state index contributed by atoms with van der Waals surface area (Å²) in [5.74, 6) is 0.561. The van der Waals surface area contributed by atoms with Gasteiger partial charge in [0.05, 0.1) is 5.83 Å². The maximum absolute atomic E-state index is 12.1. The summed E-state index contributed by atoms with van der Waals surface area (Å²) in [6, 6.07) is 0. The summed E-state index contributed by atoms with van der Waals surface area (Å²) in [5, 5.41) is 0. The minimum Gasteiger partial charge on any atom is -0.212 e. The molecule has 0 amide bonds. The molecule has 9 heavy (non-hydrogen) atoms. The molecule has 0 N–H and O–H groups in total. The molecule has 0 saturated heterocycles. The maximum atomic E-state index is 12.1. The summed E-state index contributed by atoms with van der Waals surface area (Å²) in [4.78, 5) is 0. The molecular weight excluding hydrogens is 115 g/mol. The summed E-state index contributed by atoms with van der Waals surface area (Å²) in [6.45, 7) is 5.73. The minimum absolute atomic E-state index is 0.0599. The van der Waals surface area contributed by atoms with Gasteiger partial charge in [-0.15, -0.1) is 0 Å². The van der Waals surface area contributed by atoms with Crippen LogP contribution in [0.1, 0.15) is 33.6 Å². The summed E-state index contributed by atoms with van der Waals surface area (Å²) in [5.41, 5.74) is 0. The zero-order chi connectivity index (χ0) is 7.28. The predicted octanol–water partition coefficient (Wildman–Crippen LogP) is 3.30. The molecular formula is C8H15F. The van der Waals surface area contributed by atoms with Crippen molar-refractivity contribution in [2.45, 2.75) is 33.6 Å². The van der Waals surface area contributed by atoms with Crippen LogP contribution in [0.5, 0.6) is 0 Å². The Hall–Kier alpha value is -0.330. The fourth-order valence-electron chi connectivity index (χ4n) is 0.530. The number of halogens is 1. The molecule has 1 atom stereocenters. The lowest BCUT2D eigenvalue weighted by atomic mass is 10.1. The molecule has 0 nitrogen and oxygen atoms in total. The lowest BCUT2D eigenvalue weighted by Gasteiger charge is -2.01. The monoisotopic (exact) mass is 130 g/mol. The van der Waals surface area contributed by atoms with E-state index in [1.54, 1.807) is 6.08 Å². The highest BCUT2D eigenvalue weighted by Crippen LogP contribution is 2.08. The highest BCUT2D eigenvalue weighted by atomic mass is 19.1. The standard InChI is InChI=1S/C8H15F/c1-4-7(2)5-6-8(3)9/h6-7H,4-5H2,1-3H3/b8-6+. The zero-order valence-electron chi connectivity index (χ0n) is 6.45. The maximum Gasteiger partial charge on any atom is 0.0929 e. The van der Waals surface area contributed by atoms with Crippen molar-refractivity contribution < 1.29 is 4.39 Å². The van der Waals surface area contributed by atoms with Crippen LogP contribution in [0.25, 0.3) is 0 Å². The van der Waals surface area contributed by atoms with Crippen LogP contribution in [0.4, 0.5) is 4.39 Å². The van der Waals surface area contributed by atoms with Crippen LogP contribution >= 0.6 is 0 Å². The average molecular weight is 130 g/mol. The molecule has 0 fully saturated rings. The van der Waals surface area contributed by atoms with Gasteiger partial charge in [0.25, 0.3) is 0 Å². The quantitative estimate of drug-likeness (QED) is 0.550. The van der Waals surface area contributed by atoms with Gasteiger partial charge < -0.3 is 0 Å². The fourth-order valence-corrected chi connectivity index (χ4v) is 0.530. The lowest BCUT2D eigenvalue weighted by molar-refractivity contribution is 0.554. The molecule has 0 aromatic carbocycles. The molecule has 1 unspecified atom stereocenters. The van der Waals surface area contributed by atoms with Gasteiger partial charge in [-0.1, -0.05) is 26.3 Å². The van der Waals surface area contributed by atoms with Crippen molar-refractivity contribution in [1.29, 1.82) is 0 Å². The smallest absolute Gasteiger partial charge is 0.0929 e. The Morgan fingerprint density at radius 1 is 1.67 bits per heavy atom. The SMILES string of the molecule is CCC(C)C/C=C(\C)F. The Morgan fingerprint density at radius 2 is 2.22 bits per heavy atom. The molecule has 0 aliphatic heterocycles. The number of rotatable bonds is 3. The molecule has 0 heterocycles. The lowest BCUT2D eigenvalue weighted by Crippen LogP contribution is -1.87. The minimum atomic E-state index is -0.0599. The van der Waals surface area contributed by atoms with E-state index in [2.05, 4.69) is 13.8 Å². The summed E-state index contributed by atoms with van der Waals surface area (Å²) in [7, 11) is 0. The molecule has 0 aromatic rings. The summed E-state index contributed by atoms with van der Waals surface area (Å²) < 4.78 is 12.1. The first kappa shape index (κ1) is 8.67. The summed E-state index contributed by atoms with van der Waals surface area (Å²) >= 11 is 0. The second-order valence-electron chi connectivity index (χ2n) is 2.54. The molecule has 0 aliphatic rings. The van der Waals surface area contributed by atoms with Crippen molar-refractivity contribution in [3.8, 4) is 0 Å². The van der Waals surface area contributed by atoms with Gasteiger partial charge in [0.2, 0.25) is 0 Å². The first-order valence-electron chi connectivity index (χ1n) is 3.49. The van der Waals surface area contributed by atoms with Crippen LogP contribution in [-0.4, -0.2) is 0 Å². The summed E-state index contributed by atoms with van der Waals surface area (Å²) in [6.07, 6.45) is 3.65. The third kappa shape index (κ3) is 5.54. The van der Waals surface area contributed by atoms with E-state index < -0.39 is 0 Å². The van der Waals surface area contributed by atoms with Gasteiger partial charge in [0.1, 0.15) is 0 Å². The Balaban J connectivity index is 3.37. The molecule has 0 bridgehead atoms. The molecule has 0 aliphatic carbocycles. The van der Waals surface area contributed by atoms with E-state index in [0.717, 1.165) is 12.8 Å². The molecule has 0 spiro atoms.